The fraction of sp³-hybridized carbons (Fsp3) is 0.333. The van der Waals surface area contributed by atoms with E-state index < -0.39 is 8.18 Å². The summed E-state index contributed by atoms with van der Waals surface area (Å²) in [4.78, 5) is 9.23. The molecule has 0 saturated carbocycles. The molecular formula is C9H17NO2P+. The van der Waals surface area contributed by atoms with Gasteiger partial charge in [-0.3, -0.25) is 4.25 Å². The second-order valence-electron chi connectivity index (χ2n) is 2.84. The molecule has 74 valence electrons. The maximum absolute atomic E-state index is 11.2. The van der Waals surface area contributed by atoms with Crippen LogP contribution in [-0.4, -0.2) is 28.8 Å². The molecule has 0 fully saturated rings. The second kappa shape index (κ2) is 5.92. The van der Waals surface area contributed by atoms with Crippen molar-refractivity contribution in [1.82, 2.24) is 0 Å². The van der Waals surface area contributed by atoms with Crippen LogP contribution >= 0.6 is 8.18 Å². The monoisotopic (exact) mass is 202 g/mol. The second-order valence-corrected chi connectivity index (χ2v) is 4.36. The highest BCUT2D eigenvalue weighted by Crippen LogP contribution is 2.32. The van der Waals surface area contributed by atoms with Crippen molar-refractivity contribution in [3.63, 3.8) is 0 Å². The summed E-state index contributed by atoms with van der Waals surface area (Å²) in [6, 6.07) is 0. The van der Waals surface area contributed by atoms with Gasteiger partial charge in [0.2, 0.25) is 0 Å². The molecule has 1 N–H and O–H groups in total. The van der Waals surface area contributed by atoms with Gasteiger partial charge in [-0.05, 0) is 18.2 Å². The van der Waals surface area contributed by atoms with Crippen LogP contribution in [0.15, 0.2) is 38.0 Å². The van der Waals surface area contributed by atoms with Gasteiger partial charge in [0.25, 0.3) is 0 Å². The maximum atomic E-state index is 11.2. The fourth-order valence-corrected chi connectivity index (χ4v) is 2.06. The standard InChI is InChI=1S/C9H16NO2P/c1-4-7-10(8-5-2,9-6-3)13(11)12/h4-6,13H,1-3,7-9H2/p+1. The third-order valence-corrected chi connectivity index (χ3v) is 3.20. The molecule has 0 radical (unpaired) electrons. The van der Waals surface area contributed by atoms with Gasteiger partial charge in [-0.15, -0.1) is 0 Å². The number of hydrogen-bond acceptors (Lipinski definition) is 1. The zero-order valence-corrected chi connectivity index (χ0v) is 8.78. The van der Waals surface area contributed by atoms with Crippen LogP contribution in [0.5, 0.6) is 0 Å². The Morgan fingerprint density at radius 3 is 1.54 bits per heavy atom. The zero-order valence-electron chi connectivity index (χ0n) is 7.78. The van der Waals surface area contributed by atoms with Gasteiger partial charge < -0.3 is 4.89 Å². The van der Waals surface area contributed by atoms with E-state index in [0.29, 0.717) is 19.6 Å². The Bertz CT molecular complexity index is 199. The lowest BCUT2D eigenvalue weighted by Gasteiger charge is -2.32. The molecule has 0 aliphatic heterocycles. The third-order valence-electron chi connectivity index (χ3n) is 1.84. The Morgan fingerprint density at radius 1 is 1.08 bits per heavy atom. The number of quaternary nitrogens is 1. The van der Waals surface area contributed by atoms with Crippen LogP contribution in [-0.2, 0) is 4.57 Å². The normalized spacial score (nSPS) is 13.3. The van der Waals surface area contributed by atoms with Gasteiger partial charge in [0.15, 0.2) is 0 Å². The van der Waals surface area contributed by atoms with Crippen LogP contribution < -0.4 is 0 Å². The van der Waals surface area contributed by atoms with E-state index in [4.69, 9.17) is 0 Å². The summed E-state index contributed by atoms with van der Waals surface area (Å²) in [7, 11) is -2.65. The average molecular weight is 202 g/mol. The van der Waals surface area contributed by atoms with E-state index in [1.807, 2.05) is 0 Å². The smallest absolute Gasteiger partial charge is 0.304 e. The third kappa shape index (κ3) is 3.31. The first-order valence-corrected chi connectivity index (χ1v) is 5.35. The first-order valence-electron chi connectivity index (χ1n) is 4.05. The molecule has 0 amide bonds. The van der Waals surface area contributed by atoms with Crippen LogP contribution in [0, 0.1) is 0 Å². The van der Waals surface area contributed by atoms with Crippen molar-refractivity contribution in [1.29, 1.82) is 0 Å². The van der Waals surface area contributed by atoms with E-state index in [1.54, 1.807) is 18.2 Å². The molecule has 1 atom stereocenters. The molecular weight excluding hydrogens is 185 g/mol. The van der Waals surface area contributed by atoms with Crippen molar-refractivity contribution < 1.29 is 13.7 Å². The minimum atomic E-state index is -2.65. The summed E-state index contributed by atoms with van der Waals surface area (Å²) >= 11 is 0. The van der Waals surface area contributed by atoms with Crippen molar-refractivity contribution in [2.24, 2.45) is 0 Å². The maximum Gasteiger partial charge on any atom is 0.369 e. The quantitative estimate of drug-likeness (QED) is 0.504. The van der Waals surface area contributed by atoms with E-state index in [2.05, 4.69) is 19.7 Å². The first-order chi connectivity index (χ1) is 6.13. The van der Waals surface area contributed by atoms with Gasteiger partial charge >= 0.3 is 8.18 Å². The Morgan fingerprint density at radius 2 is 1.38 bits per heavy atom. The SMILES string of the molecule is C=CC[N+](CC=C)(CC=C)[PH](=O)O. The number of hydrogen-bond donors (Lipinski definition) is 1. The molecule has 4 heteroatoms. The minimum absolute atomic E-state index is 0.0845. The lowest BCUT2D eigenvalue weighted by atomic mass is 10.4. The van der Waals surface area contributed by atoms with Crippen molar-refractivity contribution in [2.75, 3.05) is 19.6 Å². The van der Waals surface area contributed by atoms with Crippen molar-refractivity contribution in [3.8, 4) is 0 Å². The van der Waals surface area contributed by atoms with Crippen LogP contribution in [0.4, 0.5) is 0 Å². The van der Waals surface area contributed by atoms with Crippen molar-refractivity contribution >= 4 is 8.18 Å². The molecule has 0 aliphatic rings. The van der Waals surface area contributed by atoms with Crippen LogP contribution in [0.1, 0.15) is 0 Å². The number of rotatable bonds is 7. The molecule has 3 nitrogen and oxygen atoms in total. The Hall–Kier alpha value is -0.630. The van der Waals surface area contributed by atoms with Crippen LogP contribution in [0.25, 0.3) is 0 Å². The van der Waals surface area contributed by atoms with E-state index >= 15 is 0 Å². The minimum Gasteiger partial charge on any atom is -0.304 e. The Labute approximate surface area is 80.2 Å². The highest BCUT2D eigenvalue weighted by atomic mass is 31.1. The average Bonchev–Trinajstić information content (AvgIpc) is 2.05. The molecule has 0 aromatic carbocycles. The fourth-order valence-electron chi connectivity index (χ4n) is 1.20. The van der Waals surface area contributed by atoms with Crippen molar-refractivity contribution in [3.05, 3.63) is 38.0 Å². The van der Waals surface area contributed by atoms with Crippen molar-refractivity contribution in [2.45, 2.75) is 0 Å². The highest BCUT2D eigenvalue weighted by molar-refractivity contribution is 7.31. The van der Waals surface area contributed by atoms with Gasteiger partial charge in [-0.1, -0.05) is 19.7 Å². The molecule has 0 spiro atoms. The van der Waals surface area contributed by atoms with E-state index in [9.17, 15) is 9.46 Å². The first kappa shape index (κ1) is 12.4. The molecule has 1 unspecified atom stereocenters. The summed E-state index contributed by atoms with van der Waals surface area (Å²) < 4.78 is 11.3. The molecule has 0 heterocycles. The molecule has 0 rings (SSSR count). The van der Waals surface area contributed by atoms with Gasteiger partial charge in [0.1, 0.15) is 19.6 Å². The van der Waals surface area contributed by atoms with Crippen LogP contribution in [0.3, 0.4) is 0 Å². The molecule has 0 aromatic heterocycles. The molecule has 0 saturated heterocycles. The van der Waals surface area contributed by atoms with Gasteiger partial charge in [0.05, 0.1) is 0 Å². The highest BCUT2D eigenvalue weighted by Gasteiger charge is 2.28. The Balaban J connectivity index is 4.76. The van der Waals surface area contributed by atoms with Gasteiger partial charge in [-0.25, -0.2) is 4.57 Å². The summed E-state index contributed by atoms with van der Waals surface area (Å²) in [5.41, 5.74) is 0. The predicted octanol–water partition coefficient (Wildman–Crippen LogP) is 1.74. The predicted molar refractivity (Wildman–Crippen MR) is 56.7 cm³/mol. The zero-order chi connectivity index (χ0) is 10.3. The summed E-state index contributed by atoms with van der Waals surface area (Å²) in [5.74, 6) is 0. The van der Waals surface area contributed by atoms with E-state index in [0.717, 1.165) is 0 Å². The molecule has 13 heavy (non-hydrogen) atoms. The molecule has 0 bridgehead atoms. The van der Waals surface area contributed by atoms with E-state index in [-0.39, 0.29) is 4.25 Å². The summed E-state index contributed by atoms with van der Waals surface area (Å²) in [6.45, 7) is 12.1. The van der Waals surface area contributed by atoms with Crippen LogP contribution in [0.2, 0.25) is 0 Å². The topological polar surface area (TPSA) is 37.3 Å². The summed E-state index contributed by atoms with van der Waals surface area (Å²) in [6.07, 6.45) is 4.93. The number of nitrogens with zero attached hydrogens (tertiary/aromatic N) is 1. The lowest BCUT2D eigenvalue weighted by Crippen LogP contribution is -2.41. The summed E-state index contributed by atoms with van der Waals surface area (Å²) in [5, 5.41) is 0. The lowest BCUT2D eigenvalue weighted by molar-refractivity contribution is -0.793. The van der Waals surface area contributed by atoms with Gasteiger partial charge in [-0.2, -0.15) is 0 Å². The Kier molecular flexibility index (Phi) is 5.63. The van der Waals surface area contributed by atoms with E-state index in [1.165, 1.54) is 0 Å². The largest absolute Gasteiger partial charge is 0.369 e. The van der Waals surface area contributed by atoms with Gasteiger partial charge in [0, 0.05) is 0 Å². The molecule has 0 aromatic rings. The molecule has 0 aliphatic carbocycles.